The Morgan fingerprint density at radius 2 is 1.12 bits per heavy atom. The van der Waals surface area contributed by atoms with Crippen LogP contribution in [0.5, 0.6) is 5.75 Å². The molecule has 6 aromatic rings. The van der Waals surface area contributed by atoms with E-state index in [-0.39, 0.29) is 54.0 Å². The number of benzene rings is 4. The van der Waals surface area contributed by atoms with Gasteiger partial charge in [0.1, 0.15) is 33.7 Å². The van der Waals surface area contributed by atoms with E-state index in [4.69, 9.17) is 131 Å². The fourth-order valence-corrected chi connectivity index (χ4v) is 6.38. The van der Waals surface area contributed by atoms with Gasteiger partial charge < -0.3 is 25.3 Å². The summed E-state index contributed by atoms with van der Waals surface area (Å²) in [6.45, 7) is 1.74. The summed E-state index contributed by atoms with van der Waals surface area (Å²) in [4.78, 5) is 63.0. The number of ether oxygens (including phenoxy) is 3. The lowest BCUT2D eigenvalue weighted by molar-refractivity contribution is 0.0592. The number of esters is 2. The van der Waals surface area contributed by atoms with Crippen LogP contribution in [0, 0.1) is 6.92 Å². The number of alkyl halides is 3. The van der Waals surface area contributed by atoms with Gasteiger partial charge in [-0.25, -0.2) is 29.5 Å². The molecule has 4 aromatic carbocycles. The number of hydrogen-bond acceptors (Lipinski definition) is 12. The molecule has 0 atom stereocenters. The smallest absolute Gasteiger partial charge is 0.339 e. The van der Waals surface area contributed by atoms with Crippen molar-refractivity contribution in [2.45, 2.75) is 11.2 Å². The van der Waals surface area contributed by atoms with Crippen molar-refractivity contribution in [3.63, 3.8) is 0 Å². The minimum absolute atomic E-state index is 0.00485. The number of aromatic nitrogens is 4. The van der Waals surface area contributed by atoms with Crippen molar-refractivity contribution >= 4 is 172 Å². The van der Waals surface area contributed by atoms with Crippen LogP contribution in [-0.4, -0.2) is 68.6 Å². The molecule has 2 heterocycles. The number of rotatable bonds is 6. The topological polar surface area (TPSA) is 186 Å². The van der Waals surface area contributed by atoms with E-state index in [9.17, 15) is 19.2 Å². The van der Waals surface area contributed by atoms with E-state index >= 15 is 0 Å². The van der Waals surface area contributed by atoms with Crippen LogP contribution in [0.15, 0.2) is 61.2 Å². The fraction of sp³-hybridized carbons (Fsp3) is 0.135. The molecule has 0 spiro atoms. The highest BCUT2D eigenvalue weighted by Gasteiger charge is 2.24. The Kier molecular flexibility index (Phi) is 19.7. The molecule has 0 radical (unpaired) electrons. The second kappa shape index (κ2) is 23.4. The Morgan fingerprint density at radius 1 is 0.650 bits per heavy atom. The first-order valence-corrected chi connectivity index (χ1v) is 19.9. The van der Waals surface area contributed by atoms with Crippen molar-refractivity contribution < 1.29 is 33.4 Å². The molecule has 13 nitrogen and oxygen atoms in total. The van der Waals surface area contributed by atoms with Gasteiger partial charge in [-0.1, -0.05) is 117 Å². The van der Waals surface area contributed by atoms with Gasteiger partial charge in [0.2, 0.25) is 0 Å². The number of nitrogens with two attached hydrogens (primary N) is 1. The van der Waals surface area contributed by atoms with Crippen LogP contribution in [-0.2, 0) is 9.47 Å². The van der Waals surface area contributed by atoms with E-state index in [1.807, 2.05) is 0 Å². The van der Waals surface area contributed by atoms with Crippen molar-refractivity contribution in [2.75, 3.05) is 32.4 Å². The van der Waals surface area contributed by atoms with Crippen molar-refractivity contribution in [3.05, 3.63) is 119 Å². The molecule has 6 rings (SSSR count). The quantitative estimate of drug-likeness (QED) is 0.0529. The molecule has 0 bridgehead atoms. The summed E-state index contributed by atoms with van der Waals surface area (Å²) in [5.41, 5.74) is 8.11. The van der Waals surface area contributed by atoms with Crippen LogP contribution in [0.25, 0.3) is 21.8 Å². The summed E-state index contributed by atoms with van der Waals surface area (Å²) >= 11 is 55.9. The van der Waals surface area contributed by atoms with Gasteiger partial charge in [-0.15, -0.1) is 0 Å². The molecule has 0 aliphatic heterocycles. The molecular weight excluding hydrogens is 995 g/mol. The molecule has 0 aliphatic carbocycles. The maximum absolute atomic E-state index is 12.9. The van der Waals surface area contributed by atoms with Gasteiger partial charge >= 0.3 is 11.9 Å². The van der Waals surface area contributed by atoms with Crippen LogP contribution in [0.4, 0.5) is 11.4 Å². The van der Waals surface area contributed by atoms with Gasteiger partial charge in [0.15, 0.2) is 4.30 Å². The summed E-state index contributed by atoms with van der Waals surface area (Å²) in [5.74, 6) is -1.65. The van der Waals surface area contributed by atoms with Crippen molar-refractivity contribution in [1.29, 1.82) is 0 Å². The largest absolute Gasteiger partial charge is 0.495 e. The number of aryl methyl sites for hydroxylation is 1. The molecule has 0 aliphatic rings. The second-order valence-electron chi connectivity index (χ2n) is 11.1. The lowest BCUT2D eigenvalue weighted by Gasteiger charge is -2.15. The Morgan fingerprint density at radius 3 is 1.58 bits per heavy atom. The molecule has 23 heteroatoms. The molecular formula is C37H26Cl10N6O7. The number of nitrogens with zero attached hydrogens (tertiary/aromatic N) is 4. The Labute approximate surface area is 391 Å². The number of nitrogen functional groups attached to an aromatic ring is 1. The zero-order valence-electron chi connectivity index (χ0n) is 30.9. The highest BCUT2D eigenvalue weighted by molar-refractivity contribution is 6.68. The fourth-order valence-electron chi connectivity index (χ4n) is 4.82. The van der Waals surface area contributed by atoms with Crippen LogP contribution in [0.2, 0.25) is 30.4 Å². The van der Waals surface area contributed by atoms with E-state index < -0.39 is 27.4 Å². The van der Waals surface area contributed by atoms with Gasteiger partial charge in [-0.2, -0.15) is 0 Å². The summed E-state index contributed by atoms with van der Waals surface area (Å²) in [6.07, 6.45) is 2.55. The van der Waals surface area contributed by atoms with Crippen LogP contribution >= 0.6 is 116 Å². The Bertz CT molecular complexity index is 2580. The first-order chi connectivity index (χ1) is 28.3. The molecule has 3 N–H and O–H groups in total. The van der Waals surface area contributed by atoms with Gasteiger partial charge in [0, 0.05) is 10.8 Å². The second-order valence-corrected chi connectivity index (χ2v) is 15.7. The maximum atomic E-state index is 12.9. The number of amides is 1. The third-order valence-corrected chi connectivity index (χ3v) is 10.0. The number of carbonyl (C=O) groups is 4. The van der Waals surface area contributed by atoms with Crippen molar-refractivity contribution in [3.8, 4) is 5.75 Å². The average Bonchev–Trinajstić information content (AvgIpc) is 3.22. The normalized spacial score (nSPS) is 10.3. The minimum Gasteiger partial charge on any atom is -0.495 e. The highest BCUT2D eigenvalue weighted by Crippen LogP contribution is 2.41. The third-order valence-electron chi connectivity index (χ3n) is 7.54. The maximum Gasteiger partial charge on any atom is 0.339 e. The summed E-state index contributed by atoms with van der Waals surface area (Å²) in [6, 6.07) is 12.8. The monoisotopic (exact) mass is 1020 g/mol. The summed E-state index contributed by atoms with van der Waals surface area (Å²) in [7, 11) is 3.85. The Balaban J connectivity index is 0.000000251. The predicted molar refractivity (Wildman–Crippen MR) is 240 cm³/mol. The lowest BCUT2D eigenvalue weighted by Crippen LogP contribution is -2.15. The number of carbonyl (C=O) groups excluding carboxylic acids is 4. The molecule has 0 saturated heterocycles. The van der Waals surface area contributed by atoms with Crippen LogP contribution < -0.4 is 15.8 Å². The van der Waals surface area contributed by atoms with Crippen molar-refractivity contribution in [1.82, 2.24) is 19.9 Å². The number of methoxy groups -OCH3 is 3. The van der Waals surface area contributed by atoms with Crippen LogP contribution in [0.3, 0.4) is 0 Å². The minimum atomic E-state index is -0.750. The number of anilines is 2. The molecule has 0 saturated carbocycles. The zero-order valence-corrected chi connectivity index (χ0v) is 38.4. The zero-order chi connectivity index (χ0) is 45.0. The molecule has 0 fully saturated rings. The standard InChI is InChI=1S/C18H12Cl3N3O4.C9H4Cl2N2O.C9H9Cl2NO2.CHCl3/c1-27-11-6-10(18(26)28-2)12(19)15(13(11)20)24-17(25)9-5-3-4-8-14(9)22-7-23-16(8)21;10-8-5-2-1-3-6(9(11)14)7(5)12-4-13-8;1-4-3-5(9(13)14-2)7(11)8(12)6(4)10;2-1(3)4/h3-7H,1-2H3,(H,24,25);1-4H;3H,12H2,1-2H3;1H. The average molecular weight is 1020 g/mol. The van der Waals surface area contributed by atoms with Crippen molar-refractivity contribution in [2.24, 2.45) is 0 Å². The summed E-state index contributed by atoms with van der Waals surface area (Å²) < 4.78 is 13.7. The van der Waals surface area contributed by atoms with Gasteiger partial charge in [-0.05, 0) is 60.5 Å². The van der Waals surface area contributed by atoms with E-state index in [1.54, 1.807) is 49.4 Å². The molecule has 2 aromatic heterocycles. The third kappa shape index (κ3) is 12.6. The summed E-state index contributed by atoms with van der Waals surface area (Å²) in [5, 5.41) is 4.16. The van der Waals surface area contributed by atoms with Gasteiger partial charge in [0.25, 0.3) is 11.1 Å². The number of nitrogens with one attached hydrogen (secondary N) is 1. The van der Waals surface area contributed by atoms with E-state index in [1.165, 1.54) is 40.1 Å². The van der Waals surface area contributed by atoms with Gasteiger partial charge in [-0.3, -0.25) is 9.59 Å². The van der Waals surface area contributed by atoms with Gasteiger partial charge in [0.05, 0.1) is 81.1 Å². The first-order valence-electron chi connectivity index (χ1n) is 16.0. The van der Waals surface area contributed by atoms with E-state index in [2.05, 4.69) is 30.0 Å². The molecule has 1 amide bonds. The number of fused-ring (bicyclic) bond motifs is 2. The molecule has 316 valence electrons. The SMILES string of the molecule is COC(=O)c1cc(C)c(Cl)c(N)c1Cl.COC(=O)c1cc(OC)c(Cl)c(NC(=O)c2cccc3c(Cl)ncnc23)c1Cl.ClC(Cl)Cl.O=C(Cl)c1cccc2c(Cl)ncnc12. The first kappa shape index (κ1) is 50.5. The highest BCUT2D eigenvalue weighted by atomic mass is 35.6. The lowest BCUT2D eigenvalue weighted by atomic mass is 10.1. The van der Waals surface area contributed by atoms with Crippen LogP contribution in [0.1, 0.15) is 47.0 Å². The Hall–Kier alpha value is -3.86. The molecule has 0 unspecified atom stereocenters. The van der Waals surface area contributed by atoms with E-state index in [0.29, 0.717) is 43.1 Å². The number of halogens is 10. The molecule has 60 heavy (non-hydrogen) atoms. The number of para-hydroxylation sites is 2. The number of hydrogen-bond donors (Lipinski definition) is 2. The predicted octanol–water partition coefficient (Wildman–Crippen LogP) is 12.0. The van der Waals surface area contributed by atoms with E-state index in [0.717, 1.165) is 0 Å².